The number of hydrogen-bond acceptors (Lipinski definition) is 4. The van der Waals surface area contributed by atoms with Crippen molar-refractivity contribution < 1.29 is 9.18 Å². The van der Waals surface area contributed by atoms with Gasteiger partial charge in [0.05, 0.1) is 6.04 Å². The van der Waals surface area contributed by atoms with Crippen molar-refractivity contribution in [3.8, 4) is 0 Å². The first-order chi connectivity index (χ1) is 10.5. The Morgan fingerprint density at radius 1 is 1.36 bits per heavy atom. The number of hydrogen-bond donors (Lipinski definition) is 2. The van der Waals surface area contributed by atoms with Gasteiger partial charge in [0.25, 0.3) is 11.5 Å². The fraction of sp³-hybridized carbons (Fsp3) is 0.267. The minimum Gasteiger partial charge on any atom is -0.349 e. The van der Waals surface area contributed by atoms with Crippen molar-refractivity contribution in [3.05, 3.63) is 63.8 Å². The normalized spacial score (nSPS) is 12.2. The van der Waals surface area contributed by atoms with Gasteiger partial charge in [0.2, 0.25) is 0 Å². The maximum Gasteiger partial charge on any atom is 0.271 e. The summed E-state index contributed by atoms with van der Waals surface area (Å²) in [4.78, 5) is 24.8. The van der Waals surface area contributed by atoms with E-state index in [1.54, 1.807) is 12.1 Å². The van der Waals surface area contributed by atoms with Gasteiger partial charge in [-0.1, -0.05) is 12.1 Å². The summed E-state index contributed by atoms with van der Waals surface area (Å²) < 4.78 is 13.3. The van der Waals surface area contributed by atoms with Crippen LogP contribution in [0.1, 0.15) is 22.1 Å². The first-order valence-electron chi connectivity index (χ1n) is 6.73. The van der Waals surface area contributed by atoms with Crippen LogP contribution in [0.15, 0.2) is 41.2 Å². The molecule has 0 saturated heterocycles. The molecule has 1 aromatic heterocycles. The molecule has 1 amide bonds. The fourth-order valence-corrected chi connectivity index (χ4v) is 2.06. The quantitative estimate of drug-likeness (QED) is 0.862. The maximum absolute atomic E-state index is 13.3. The minimum atomic E-state index is -0.403. The lowest BCUT2D eigenvalue weighted by Crippen LogP contribution is -2.35. The monoisotopic (exact) mass is 304 g/mol. The summed E-state index contributed by atoms with van der Waals surface area (Å²) in [5, 5.41) is 8.60. The number of amides is 1. The summed E-state index contributed by atoms with van der Waals surface area (Å²) in [6.45, 7) is 0.288. The van der Waals surface area contributed by atoms with Gasteiger partial charge in [0.15, 0.2) is 0 Å². The molecular formula is C15H17FN4O2. The third-order valence-electron chi connectivity index (χ3n) is 3.22. The first kappa shape index (κ1) is 15.8. The minimum absolute atomic E-state index is 0.122. The molecule has 22 heavy (non-hydrogen) atoms. The third kappa shape index (κ3) is 3.98. The van der Waals surface area contributed by atoms with E-state index in [9.17, 15) is 14.0 Å². The van der Waals surface area contributed by atoms with Crippen molar-refractivity contribution in [2.75, 3.05) is 20.6 Å². The standard InChI is InChI=1S/C15H17FN4O2/c1-20(2)13(10-4-3-5-11(16)8-10)9-17-15(22)12-6-7-14(21)19-18-12/h3-8,13H,9H2,1-2H3,(H,17,22)(H,19,21). The molecule has 1 heterocycles. The van der Waals surface area contributed by atoms with Gasteiger partial charge in [-0.05, 0) is 37.9 Å². The van der Waals surface area contributed by atoms with Gasteiger partial charge in [-0.15, -0.1) is 0 Å². The number of H-pyrrole nitrogens is 1. The fourth-order valence-electron chi connectivity index (χ4n) is 2.06. The summed E-state index contributed by atoms with van der Waals surface area (Å²) in [6.07, 6.45) is 0. The van der Waals surface area contributed by atoms with E-state index >= 15 is 0 Å². The average Bonchev–Trinajstić information content (AvgIpc) is 2.47. The number of carbonyl (C=O) groups is 1. The van der Waals surface area contributed by atoms with E-state index in [1.807, 2.05) is 19.0 Å². The maximum atomic E-state index is 13.3. The molecule has 0 aliphatic heterocycles. The Kier molecular flexibility index (Phi) is 5.00. The van der Waals surface area contributed by atoms with Crippen LogP contribution >= 0.6 is 0 Å². The van der Waals surface area contributed by atoms with Crippen LogP contribution in [0, 0.1) is 5.82 Å². The topological polar surface area (TPSA) is 78.1 Å². The summed E-state index contributed by atoms with van der Waals surface area (Å²) in [5.41, 5.74) is 0.513. The number of carbonyl (C=O) groups excluding carboxylic acids is 1. The molecule has 2 N–H and O–H groups in total. The Morgan fingerprint density at radius 2 is 2.14 bits per heavy atom. The molecule has 0 aliphatic carbocycles. The molecule has 2 rings (SSSR count). The van der Waals surface area contributed by atoms with E-state index in [0.717, 1.165) is 5.56 Å². The van der Waals surface area contributed by atoms with Gasteiger partial charge in [-0.2, -0.15) is 5.10 Å². The van der Waals surface area contributed by atoms with E-state index in [4.69, 9.17) is 0 Å². The van der Waals surface area contributed by atoms with E-state index in [2.05, 4.69) is 15.5 Å². The zero-order chi connectivity index (χ0) is 16.1. The van der Waals surface area contributed by atoms with Crippen molar-refractivity contribution in [2.45, 2.75) is 6.04 Å². The van der Waals surface area contributed by atoms with Gasteiger partial charge in [-0.3, -0.25) is 9.59 Å². The lowest BCUT2D eigenvalue weighted by atomic mass is 10.1. The van der Waals surface area contributed by atoms with Crippen molar-refractivity contribution in [1.82, 2.24) is 20.4 Å². The summed E-state index contributed by atoms with van der Waals surface area (Å²) in [5.74, 6) is -0.725. The van der Waals surface area contributed by atoms with Gasteiger partial charge in [-0.25, -0.2) is 9.49 Å². The highest BCUT2D eigenvalue weighted by Crippen LogP contribution is 2.18. The highest BCUT2D eigenvalue weighted by atomic mass is 19.1. The first-order valence-corrected chi connectivity index (χ1v) is 6.73. The van der Waals surface area contributed by atoms with Crippen LogP contribution < -0.4 is 10.9 Å². The molecule has 1 atom stereocenters. The predicted octanol–water partition coefficient (Wildman–Crippen LogP) is 0.942. The lowest BCUT2D eigenvalue weighted by molar-refractivity contribution is 0.0936. The molecule has 7 heteroatoms. The number of benzene rings is 1. The highest BCUT2D eigenvalue weighted by Gasteiger charge is 2.17. The summed E-state index contributed by atoms with van der Waals surface area (Å²) in [6, 6.07) is 8.65. The molecule has 2 aromatic rings. The third-order valence-corrected chi connectivity index (χ3v) is 3.22. The number of likely N-dealkylation sites (N-methyl/N-ethyl adjacent to an activating group) is 1. The van der Waals surface area contributed by atoms with Gasteiger partial charge in [0.1, 0.15) is 11.5 Å². The van der Waals surface area contributed by atoms with Crippen LogP contribution in [0.25, 0.3) is 0 Å². The number of rotatable bonds is 5. The molecule has 1 unspecified atom stereocenters. The van der Waals surface area contributed by atoms with Crippen LogP contribution in [-0.4, -0.2) is 41.6 Å². The summed E-state index contributed by atoms with van der Waals surface area (Å²) in [7, 11) is 3.69. The van der Waals surface area contributed by atoms with Crippen molar-refractivity contribution in [3.63, 3.8) is 0 Å². The van der Waals surface area contributed by atoms with Crippen LogP contribution in [0.3, 0.4) is 0 Å². The molecule has 116 valence electrons. The molecule has 0 spiro atoms. The Labute approximate surface area is 127 Å². The van der Waals surface area contributed by atoms with Crippen LogP contribution in [0.4, 0.5) is 4.39 Å². The zero-order valence-electron chi connectivity index (χ0n) is 12.3. The van der Waals surface area contributed by atoms with E-state index in [1.165, 1.54) is 24.3 Å². The molecule has 0 radical (unpaired) electrons. The number of aromatic nitrogens is 2. The molecule has 0 bridgehead atoms. The molecule has 0 saturated carbocycles. The second-order valence-electron chi connectivity index (χ2n) is 5.05. The molecule has 0 aliphatic rings. The molecule has 6 nitrogen and oxygen atoms in total. The predicted molar refractivity (Wildman–Crippen MR) is 80.0 cm³/mol. The smallest absolute Gasteiger partial charge is 0.271 e. The second kappa shape index (κ2) is 6.95. The highest BCUT2D eigenvalue weighted by molar-refractivity contribution is 5.91. The Morgan fingerprint density at radius 3 is 2.73 bits per heavy atom. The number of halogens is 1. The molecule has 1 aromatic carbocycles. The Hall–Kier alpha value is -2.54. The zero-order valence-corrected chi connectivity index (χ0v) is 12.3. The Balaban J connectivity index is 2.07. The number of aromatic amines is 1. The van der Waals surface area contributed by atoms with E-state index < -0.39 is 5.91 Å². The van der Waals surface area contributed by atoms with Crippen molar-refractivity contribution in [1.29, 1.82) is 0 Å². The SMILES string of the molecule is CN(C)C(CNC(=O)c1ccc(=O)[nH]n1)c1cccc(F)c1. The van der Waals surface area contributed by atoms with Crippen LogP contribution in [0.2, 0.25) is 0 Å². The second-order valence-corrected chi connectivity index (χ2v) is 5.05. The average molecular weight is 304 g/mol. The van der Waals surface area contributed by atoms with Crippen LogP contribution in [-0.2, 0) is 0 Å². The largest absolute Gasteiger partial charge is 0.349 e. The van der Waals surface area contributed by atoms with Gasteiger partial charge in [0, 0.05) is 12.6 Å². The van der Waals surface area contributed by atoms with Crippen LogP contribution in [0.5, 0.6) is 0 Å². The van der Waals surface area contributed by atoms with Crippen molar-refractivity contribution >= 4 is 5.91 Å². The van der Waals surface area contributed by atoms with E-state index in [-0.39, 0.29) is 29.7 Å². The number of nitrogens with one attached hydrogen (secondary N) is 2. The van der Waals surface area contributed by atoms with Crippen molar-refractivity contribution in [2.24, 2.45) is 0 Å². The van der Waals surface area contributed by atoms with Gasteiger partial charge >= 0.3 is 0 Å². The Bertz CT molecular complexity index is 694. The lowest BCUT2D eigenvalue weighted by Gasteiger charge is -2.25. The van der Waals surface area contributed by atoms with Gasteiger partial charge < -0.3 is 10.2 Å². The molecular weight excluding hydrogens is 287 g/mol. The summed E-state index contributed by atoms with van der Waals surface area (Å²) >= 11 is 0. The number of nitrogens with zero attached hydrogens (tertiary/aromatic N) is 2. The van der Waals surface area contributed by atoms with E-state index in [0.29, 0.717) is 0 Å². The molecule has 0 fully saturated rings.